The Labute approximate surface area is 117 Å². The molecule has 0 aliphatic rings. The molecule has 0 radical (unpaired) electrons. The lowest BCUT2D eigenvalue weighted by molar-refractivity contribution is 0.00696. The quantitative estimate of drug-likeness (QED) is 0.790. The molecule has 0 unspecified atom stereocenters. The molecule has 2 rings (SSSR count). The van der Waals surface area contributed by atoms with E-state index in [4.69, 9.17) is 4.74 Å². The number of hydrogen-bond donors (Lipinski definition) is 0. The van der Waals surface area contributed by atoms with Gasteiger partial charge in [0.1, 0.15) is 5.60 Å². The van der Waals surface area contributed by atoms with Crippen molar-refractivity contribution in [2.75, 3.05) is 6.26 Å². The molecule has 0 saturated carbocycles. The zero-order chi connectivity index (χ0) is 15.1. The molecule has 2 aromatic rings. The topological polar surface area (TPSA) is 78.3 Å². The molecule has 0 atom stereocenters. The summed E-state index contributed by atoms with van der Waals surface area (Å²) in [6, 6.07) is 4.70. The SMILES string of the molecule is CC(C)(C)OC(=O)c1ccc2cnn(S(C)(=O)=O)c2c1. The fourth-order valence-corrected chi connectivity index (χ4v) is 2.46. The summed E-state index contributed by atoms with van der Waals surface area (Å²) in [7, 11) is -3.51. The van der Waals surface area contributed by atoms with E-state index in [9.17, 15) is 13.2 Å². The van der Waals surface area contributed by atoms with Gasteiger partial charge >= 0.3 is 5.97 Å². The highest BCUT2D eigenvalue weighted by atomic mass is 32.2. The van der Waals surface area contributed by atoms with Gasteiger partial charge in [0.25, 0.3) is 10.0 Å². The summed E-state index contributed by atoms with van der Waals surface area (Å²) in [6.07, 6.45) is 2.49. The van der Waals surface area contributed by atoms with Crippen molar-refractivity contribution in [1.82, 2.24) is 9.19 Å². The van der Waals surface area contributed by atoms with Crippen LogP contribution in [0.5, 0.6) is 0 Å². The molecule has 0 spiro atoms. The number of ether oxygens (including phenoxy) is 1. The molecule has 0 N–H and O–H groups in total. The van der Waals surface area contributed by atoms with Crippen LogP contribution in [0.25, 0.3) is 10.9 Å². The average molecular weight is 296 g/mol. The molecule has 0 fully saturated rings. The Morgan fingerprint density at radius 1 is 1.30 bits per heavy atom. The van der Waals surface area contributed by atoms with Crippen LogP contribution in [0, 0.1) is 0 Å². The fourth-order valence-electron chi connectivity index (χ4n) is 1.72. The van der Waals surface area contributed by atoms with Crippen LogP contribution in [-0.2, 0) is 14.8 Å². The van der Waals surface area contributed by atoms with Gasteiger partial charge in [0.2, 0.25) is 0 Å². The third-order valence-electron chi connectivity index (χ3n) is 2.49. The van der Waals surface area contributed by atoms with E-state index in [1.54, 1.807) is 32.9 Å². The second-order valence-corrected chi connectivity index (χ2v) is 7.34. The summed E-state index contributed by atoms with van der Waals surface area (Å²) in [6.45, 7) is 5.30. The number of hydrogen-bond acceptors (Lipinski definition) is 5. The molecule has 1 aromatic heterocycles. The van der Waals surface area contributed by atoms with E-state index >= 15 is 0 Å². The smallest absolute Gasteiger partial charge is 0.338 e. The van der Waals surface area contributed by atoms with Gasteiger partial charge in [0.15, 0.2) is 0 Å². The largest absolute Gasteiger partial charge is 0.456 e. The highest BCUT2D eigenvalue weighted by molar-refractivity contribution is 7.89. The molecular formula is C13H16N2O4S. The van der Waals surface area contributed by atoms with Crippen molar-refractivity contribution in [2.45, 2.75) is 26.4 Å². The Kier molecular flexibility index (Phi) is 3.33. The Bertz CT molecular complexity index is 769. The number of benzene rings is 1. The van der Waals surface area contributed by atoms with Crippen LogP contribution in [0.3, 0.4) is 0 Å². The zero-order valence-electron chi connectivity index (χ0n) is 11.7. The van der Waals surface area contributed by atoms with E-state index in [2.05, 4.69) is 5.10 Å². The zero-order valence-corrected chi connectivity index (χ0v) is 12.6. The monoisotopic (exact) mass is 296 g/mol. The van der Waals surface area contributed by atoms with Gasteiger partial charge in [-0.2, -0.15) is 9.19 Å². The second kappa shape index (κ2) is 4.59. The molecule has 0 saturated heterocycles. The maximum atomic E-state index is 12.0. The Hall–Kier alpha value is -1.89. The van der Waals surface area contributed by atoms with E-state index in [1.165, 1.54) is 12.3 Å². The van der Waals surface area contributed by atoms with Gasteiger partial charge in [-0.3, -0.25) is 0 Å². The summed E-state index contributed by atoms with van der Waals surface area (Å²) in [5.74, 6) is -0.499. The third kappa shape index (κ3) is 2.98. The molecule has 0 bridgehead atoms. The van der Waals surface area contributed by atoms with Crippen molar-refractivity contribution in [3.8, 4) is 0 Å². The molecule has 0 aliphatic heterocycles. The van der Waals surface area contributed by atoms with Crippen LogP contribution in [0.4, 0.5) is 0 Å². The first-order valence-corrected chi connectivity index (χ1v) is 7.84. The van der Waals surface area contributed by atoms with Crippen LogP contribution in [0.2, 0.25) is 0 Å². The number of carbonyl (C=O) groups excluding carboxylic acids is 1. The van der Waals surface area contributed by atoms with Crippen LogP contribution in [0.1, 0.15) is 31.1 Å². The third-order valence-corrected chi connectivity index (χ3v) is 3.41. The summed E-state index contributed by atoms with van der Waals surface area (Å²) >= 11 is 0. The molecule has 0 amide bonds. The molecule has 1 aromatic carbocycles. The van der Waals surface area contributed by atoms with Crippen LogP contribution >= 0.6 is 0 Å². The maximum absolute atomic E-state index is 12.0. The van der Waals surface area contributed by atoms with Crippen molar-refractivity contribution >= 4 is 26.9 Å². The lowest BCUT2D eigenvalue weighted by Crippen LogP contribution is -2.23. The van der Waals surface area contributed by atoms with Gasteiger partial charge in [-0.15, -0.1) is 0 Å². The Morgan fingerprint density at radius 3 is 2.50 bits per heavy atom. The number of carbonyl (C=O) groups is 1. The Morgan fingerprint density at radius 2 is 1.95 bits per heavy atom. The molecule has 6 nitrogen and oxygen atoms in total. The minimum atomic E-state index is -3.51. The standard InChI is InChI=1S/C13H16N2O4S/c1-13(2,3)19-12(16)9-5-6-10-8-14-15(11(10)7-9)20(4,17)18/h5-8H,1-4H3. The van der Waals surface area contributed by atoms with Gasteiger partial charge in [0.05, 0.1) is 23.5 Å². The van der Waals surface area contributed by atoms with E-state index in [0.29, 0.717) is 10.9 Å². The van der Waals surface area contributed by atoms with Crippen molar-refractivity contribution in [3.05, 3.63) is 30.0 Å². The number of fused-ring (bicyclic) bond motifs is 1. The molecule has 108 valence electrons. The highest BCUT2D eigenvalue weighted by Gasteiger charge is 2.19. The number of aromatic nitrogens is 2. The summed E-state index contributed by atoms with van der Waals surface area (Å²) in [4.78, 5) is 12.0. The fraction of sp³-hybridized carbons (Fsp3) is 0.385. The first-order valence-electron chi connectivity index (χ1n) is 6.00. The van der Waals surface area contributed by atoms with Gasteiger partial charge in [-0.25, -0.2) is 13.2 Å². The summed E-state index contributed by atoms with van der Waals surface area (Å²) < 4.78 is 29.4. The Balaban J connectivity index is 2.50. The lowest BCUT2D eigenvalue weighted by Gasteiger charge is -2.19. The summed E-state index contributed by atoms with van der Waals surface area (Å²) in [5, 5.41) is 4.46. The van der Waals surface area contributed by atoms with E-state index in [0.717, 1.165) is 10.3 Å². The van der Waals surface area contributed by atoms with Crippen LogP contribution < -0.4 is 0 Å². The number of nitrogens with zero attached hydrogens (tertiary/aromatic N) is 2. The lowest BCUT2D eigenvalue weighted by atomic mass is 10.1. The van der Waals surface area contributed by atoms with Gasteiger partial charge in [0, 0.05) is 5.39 Å². The molecule has 1 heterocycles. The number of esters is 1. The van der Waals surface area contributed by atoms with E-state index in [-0.39, 0.29) is 5.56 Å². The second-order valence-electron chi connectivity index (χ2n) is 5.53. The molecule has 20 heavy (non-hydrogen) atoms. The van der Waals surface area contributed by atoms with E-state index < -0.39 is 21.6 Å². The molecule has 7 heteroatoms. The van der Waals surface area contributed by atoms with Crippen molar-refractivity contribution in [3.63, 3.8) is 0 Å². The minimum Gasteiger partial charge on any atom is -0.456 e. The predicted molar refractivity (Wildman–Crippen MR) is 75.1 cm³/mol. The van der Waals surface area contributed by atoms with Crippen molar-refractivity contribution in [1.29, 1.82) is 0 Å². The van der Waals surface area contributed by atoms with Gasteiger partial charge in [-0.05, 0) is 32.9 Å². The number of rotatable bonds is 2. The first-order chi connectivity index (χ1) is 9.08. The molecular weight excluding hydrogens is 280 g/mol. The predicted octanol–water partition coefficient (Wildman–Crippen LogP) is 1.80. The molecule has 0 aliphatic carbocycles. The first kappa shape index (κ1) is 14.5. The highest BCUT2D eigenvalue weighted by Crippen LogP contribution is 2.19. The van der Waals surface area contributed by atoms with Crippen LogP contribution in [-0.4, -0.2) is 35.4 Å². The van der Waals surface area contributed by atoms with Gasteiger partial charge < -0.3 is 4.74 Å². The van der Waals surface area contributed by atoms with Crippen molar-refractivity contribution < 1.29 is 17.9 Å². The maximum Gasteiger partial charge on any atom is 0.338 e. The normalized spacial score (nSPS) is 12.6. The van der Waals surface area contributed by atoms with Crippen LogP contribution in [0.15, 0.2) is 24.4 Å². The average Bonchev–Trinajstić information content (AvgIpc) is 2.68. The van der Waals surface area contributed by atoms with E-state index in [1.807, 2.05) is 0 Å². The van der Waals surface area contributed by atoms with Crippen molar-refractivity contribution in [2.24, 2.45) is 0 Å². The van der Waals surface area contributed by atoms with Gasteiger partial charge in [-0.1, -0.05) is 6.07 Å². The summed E-state index contributed by atoms with van der Waals surface area (Å²) in [5.41, 5.74) is 0.0389. The minimum absolute atomic E-state index is 0.290.